The first-order valence-corrected chi connectivity index (χ1v) is 7.39. The lowest BCUT2D eigenvalue weighted by Crippen LogP contribution is -2.27. The molecule has 0 unspecified atom stereocenters. The Bertz CT molecular complexity index is 592. The zero-order chi connectivity index (χ0) is 14.0. The highest BCUT2D eigenvalue weighted by Crippen LogP contribution is 2.25. The van der Waals surface area contributed by atoms with Crippen LogP contribution >= 0.6 is 0 Å². The van der Waals surface area contributed by atoms with Crippen LogP contribution in [0, 0.1) is 6.92 Å². The van der Waals surface area contributed by atoms with Gasteiger partial charge in [-0.05, 0) is 31.0 Å². The topological polar surface area (TPSA) is 75.7 Å². The fraction of sp³-hybridized carbons (Fsp3) is 0.417. The van der Waals surface area contributed by atoms with Gasteiger partial charge in [-0.3, -0.25) is 9.63 Å². The second kappa shape index (κ2) is 5.28. The van der Waals surface area contributed by atoms with Gasteiger partial charge in [0, 0.05) is 19.2 Å². The molecule has 2 rings (SSSR count). The van der Waals surface area contributed by atoms with E-state index >= 15 is 0 Å². The molecule has 1 amide bonds. The Labute approximate surface area is 112 Å². The number of benzene rings is 1. The molecule has 1 aromatic rings. The van der Waals surface area contributed by atoms with Gasteiger partial charge >= 0.3 is 0 Å². The second-order valence-electron chi connectivity index (χ2n) is 4.38. The molecule has 0 atom stereocenters. The number of anilines is 1. The maximum absolute atomic E-state index is 12.4. The minimum atomic E-state index is -3.67. The van der Waals surface area contributed by atoms with Crippen molar-refractivity contribution in [3.63, 3.8) is 0 Å². The molecule has 0 radical (unpaired) electrons. The van der Waals surface area contributed by atoms with Gasteiger partial charge in [0.25, 0.3) is 10.0 Å². The third-order valence-corrected chi connectivity index (χ3v) is 4.59. The SMILES string of the molecule is CC(=O)Nc1ccc(C)c(S(=O)(=O)N2CCCO2)c1. The summed E-state index contributed by atoms with van der Waals surface area (Å²) in [5.74, 6) is -0.246. The van der Waals surface area contributed by atoms with E-state index in [4.69, 9.17) is 4.84 Å². The summed E-state index contributed by atoms with van der Waals surface area (Å²) in [7, 11) is -3.67. The van der Waals surface area contributed by atoms with Crippen molar-refractivity contribution in [2.45, 2.75) is 25.2 Å². The van der Waals surface area contributed by atoms with E-state index in [0.717, 1.165) is 4.47 Å². The lowest BCUT2D eigenvalue weighted by molar-refractivity contribution is -0.114. The van der Waals surface area contributed by atoms with Gasteiger partial charge < -0.3 is 5.32 Å². The van der Waals surface area contributed by atoms with Gasteiger partial charge in [0.15, 0.2) is 0 Å². The molecular weight excluding hydrogens is 268 g/mol. The Balaban J connectivity index is 2.40. The average molecular weight is 284 g/mol. The average Bonchev–Trinajstić information content (AvgIpc) is 2.85. The Morgan fingerprint density at radius 2 is 2.16 bits per heavy atom. The van der Waals surface area contributed by atoms with Crippen LogP contribution in [0.25, 0.3) is 0 Å². The summed E-state index contributed by atoms with van der Waals surface area (Å²) in [6.07, 6.45) is 0.684. The lowest BCUT2D eigenvalue weighted by Gasteiger charge is -2.16. The molecule has 6 nitrogen and oxygen atoms in total. The number of nitrogens with one attached hydrogen (secondary N) is 1. The van der Waals surface area contributed by atoms with Gasteiger partial charge in [0.2, 0.25) is 5.91 Å². The molecule has 1 aromatic carbocycles. The van der Waals surface area contributed by atoms with Crippen LogP contribution in [0.2, 0.25) is 0 Å². The quantitative estimate of drug-likeness (QED) is 0.907. The predicted molar refractivity (Wildman–Crippen MR) is 69.9 cm³/mol. The van der Waals surface area contributed by atoms with E-state index in [0.29, 0.717) is 30.8 Å². The molecule has 0 aromatic heterocycles. The third-order valence-electron chi connectivity index (χ3n) is 2.77. The first-order valence-electron chi connectivity index (χ1n) is 5.95. The largest absolute Gasteiger partial charge is 0.326 e. The summed E-state index contributed by atoms with van der Waals surface area (Å²) in [5, 5.41) is 2.57. The highest BCUT2D eigenvalue weighted by molar-refractivity contribution is 7.89. The van der Waals surface area contributed by atoms with E-state index in [1.54, 1.807) is 19.1 Å². The monoisotopic (exact) mass is 284 g/mol. The van der Waals surface area contributed by atoms with Crippen LogP contribution in [0.15, 0.2) is 23.1 Å². The van der Waals surface area contributed by atoms with Crippen LogP contribution in [-0.4, -0.2) is 31.9 Å². The van der Waals surface area contributed by atoms with Gasteiger partial charge in [0.1, 0.15) is 0 Å². The number of hydrogen-bond acceptors (Lipinski definition) is 4. The van der Waals surface area contributed by atoms with E-state index < -0.39 is 10.0 Å². The number of rotatable bonds is 3. The molecule has 1 aliphatic heterocycles. The van der Waals surface area contributed by atoms with Gasteiger partial charge in [-0.1, -0.05) is 10.5 Å². The molecule has 1 fully saturated rings. The number of carbonyl (C=O) groups excluding carboxylic acids is 1. The van der Waals surface area contributed by atoms with E-state index in [9.17, 15) is 13.2 Å². The molecule has 1 N–H and O–H groups in total. The van der Waals surface area contributed by atoms with Crippen LogP contribution in [0.5, 0.6) is 0 Å². The van der Waals surface area contributed by atoms with Gasteiger partial charge in [-0.2, -0.15) is 0 Å². The summed E-state index contributed by atoms with van der Waals surface area (Å²) in [4.78, 5) is 16.3. The molecule has 19 heavy (non-hydrogen) atoms. The Morgan fingerprint density at radius 3 is 2.74 bits per heavy atom. The fourth-order valence-electron chi connectivity index (χ4n) is 1.88. The van der Waals surface area contributed by atoms with Gasteiger partial charge in [0.05, 0.1) is 11.5 Å². The number of hydrogen-bond donors (Lipinski definition) is 1. The van der Waals surface area contributed by atoms with Gasteiger partial charge in [-0.25, -0.2) is 8.42 Å². The van der Waals surface area contributed by atoms with Crippen molar-refractivity contribution >= 4 is 21.6 Å². The molecule has 1 saturated heterocycles. The minimum absolute atomic E-state index is 0.153. The summed E-state index contributed by atoms with van der Waals surface area (Å²) in [6, 6.07) is 4.78. The maximum Gasteiger partial charge on any atom is 0.265 e. The number of amides is 1. The van der Waals surface area contributed by atoms with E-state index in [2.05, 4.69) is 5.32 Å². The Morgan fingerprint density at radius 1 is 1.42 bits per heavy atom. The van der Waals surface area contributed by atoms with Crippen molar-refractivity contribution in [1.82, 2.24) is 4.47 Å². The van der Waals surface area contributed by atoms with E-state index in [-0.39, 0.29) is 10.8 Å². The number of nitrogens with zero attached hydrogens (tertiary/aromatic N) is 1. The van der Waals surface area contributed by atoms with Crippen LogP contribution in [0.4, 0.5) is 5.69 Å². The van der Waals surface area contributed by atoms with Crippen LogP contribution in [-0.2, 0) is 19.7 Å². The number of hydroxylamine groups is 1. The van der Waals surface area contributed by atoms with Crippen LogP contribution in [0.1, 0.15) is 18.9 Å². The second-order valence-corrected chi connectivity index (χ2v) is 6.18. The van der Waals surface area contributed by atoms with E-state index in [1.165, 1.54) is 13.0 Å². The summed E-state index contributed by atoms with van der Waals surface area (Å²) in [6.45, 7) is 3.84. The van der Waals surface area contributed by atoms with Crippen LogP contribution in [0.3, 0.4) is 0 Å². The van der Waals surface area contributed by atoms with Crippen molar-refractivity contribution in [3.8, 4) is 0 Å². The van der Waals surface area contributed by atoms with Crippen molar-refractivity contribution in [2.24, 2.45) is 0 Å². The van der Waals surface area contributed by atoms with Crippen molar-refractivity contribution in [3.05, 3.63) is 23.8 Å². The molecule has 7 heteroatoms. The van der Waals surface area contributed by atoms with Crippen molar-refractivity contribution < 1.29 is 18.0 Å². The molecule has 0 saturated carbocycles. The molecule has 1 heterocycles. The fourth-order valence-corrected chi connectivity index (χ4v) is 3.44. The maximum atomic E-state index is 12.4. The van der Waals surface area contributed by atoms with Gasteiger partial charge in [-0.15, -0.1) is 0 Å². The number of sulfonamides is 1. The smallest absolute Gasteiger partial charge is 0.265 e. The Hall–Kier alpha value is -1.44. The summed E-state index contributed by atoms with van der Waals surface area (Å²) in [5.41, 5.74) is 1.07. The Kier molecular flexibility index (Phi) is 3.88. The molecule has 1 aliphatic rings. The molecule has 0 spiro atoms. The molecule has 104 valence electrons. The molecular formula is C12H16N2O4S. The van der Waals surface area contributed by atoms with Crippen molar-refractivity contribution in [1.29, 1.82) is 0 Å². The summed E-state index contributed by atoms with van der Waals surface area (Å²) >= 11 is 0. The highest BCUT2D eigenvalue weighted by Gasteiger charge is 2.30. The zero-order valence-electron chi connectivity index (χ0n) is 10.8. The minimum Gasteiger partial charge on any atom is -0.326 e. The highest BCUT2D eigenvalue weighted by atomic mass is 32.2. The molecule has 0 aliphatic carbocycles. The van der Waals surface area contributed by atoms with Crippen LogP contribution < -0.4 is 5.32 Å². The lowest BCUT2D eigenvalue weighted by atomic mass is 10.2. The zero-order valence-corrected chi connectivity index (χ0v) is 11.7. The third kappa shape index (κ3) is 2.94. The van der Waals surface area contributed by atoms with Crippen molar-refractivity contribution in [2.75, 3.05) is 18.5 Å². The predicted octanol–water partition coefficient (Wildman–Crippen LogP) is 1.28. The standard InChI is InChI=1S/C12H16N2O4S/c1-9-4-5-11(13-10(2)15)8-12(9)19(16,17)14-6-3-7-18-14/h4-5,8H,3,6-7H2,1-2H3,(H,13,15). The summed E-state index contributed by atoms with van der Waals surface area (Å²) < 4.78 is 25.8. The van der Waals surface area contributed by atoms with E-state index in [1.807, 2.05) is 0 Å². The molecule has 0 bridgehead atoms. The normalized spacial score (nSPS) is 16.5. The number of aryl methyl sites for hydroxylation is 1. The number of carbonyl (C=O) groups is 1. The first-order chi connectivity index (χ1) is 8.91. The first kappa shape index (κ1) is 14.0.